The second-order valence-corrected chi connectivity index (χ2v) is 5.13. The highest BCUT2D eigenvalue weighted by Gasteiger charge is 2.35. The molecule has 5 heteroatoms. The minimum atomic E-state index is -0.763. The van der Waals surface area contributed by atoms with Gasteiger partial charge in [-0.3, -0.25) is 4.79 Å². The van der Waals surface area contributed by atoms with E-state index in [4.69, 9.17) is 5.73 Å². The van der Waals surface area contributed by atoms with Gasteiger partial charge in [-0.2, -0.15) is 0 Å². The minimum absolute atomic E-state index is 0. The maximum atomic E-state index is 13.1. The van der Waals surface area contributed by atoms with Crippen molar-refractivity contribution in [3.63, 3.8) is 0 Å². The van der Waals surface area contributed by atoms with Gasteiger partial charge < -0.3 is 11.1 Å². The van der Waals surface area contributed by atoms with Crippen molar-refractivity contribution in [2.75, 3.05) is 5.32 Å². The molecule has 0 unspecified atom stereocenters. The lowest BCUT2D eigenvalue weighted by Crippen LogP contribution is -2.52. The second-order valence-electron chi connectivity index (χ2n) is 5.13. The van der Waals surface area contributed by atoms with Crippen LogP contribution in [0, 0.1) is 12.7 Å². The zero-order valence-corrected chi connectivity index (χ0v) is 11.9. The summed E-state index contributed by atoms with van der Waals surface area (Å²) in [6.45, 7) is 1.67. The van der Waals surface area contributed by atoms with Gasteiger partial charge in [-0.1, -0.05) is 19.3 Å². The highest BCUT2D eigenvalue weighted by atomic mass is 35.5. The van der Waals surface area contributed by atoms with Crippen molar-refractivity contribution in [1.82, 2.24) is 0 Å². The molecule has 3 N–H and O–H groups in total. The number of nitrogens with two attached hydrogens (primary N) is 1. The maximum Gasteiger partial charge on any atom is 0.244 e. The molecule has 0 aromatic heterocycles. The van der Waals surface area contributed by atoms with Crippen LogP contribution in [0.2, 0.25) is 0 Å². The molecule has 106 valence electrons. The Morgan fingerprint density at radius 2 is 1.95 bits per heavy atom. The molecular formula is C14H20ClFN2O. The van der Waals surface area contributed by atoms with Crippen molar-refractivity contribution in [2.24, 2.45) is 5.73 Å². The molecule has 3 nitrogen and oxygen atoms in total. The quantitative estimate of drug-likeness (QED) is 0.877. The van der Waals surface area contributed by atoms with Crippen LogP contribution in [-0.4, -0.2) is 11.4 Å². The molecule has 0 spiro atoms. The maximum absolute atomic E-state index is 13.1. The van der Waals surface area contributed by atoms with Crippen molar-refractivity contribution in [3.8, 4) is 0 Å². The number of benzene rings is 1. The number of amides is 1. The summed E-state index contributed by atoms with van der Waals surface area (Å²) in [5.41, 5.74) is 6.49. The molecule has 0 atom stereocenters. The molecule has 19 heavy (non-hydrogen) atoms. The summed E-state index contributed by atoms with van der Waals surface area (Å²) < 4.78 is 13.1. The summed E-state index contributed by atoms with van der Waals surface area (Å²) in [6.07, 6.45) is 4.57. The molecule has 0 radical (unpaired) electrons. The van der Waals surface area contributed by atoms with Crippen LogP contribution in [0.1, 0.15) is 37.7 Å². The molecule has 0 heterocycles. The fourth-order valence-corrected chi connectivity index (χ4v) is 2.39. The third-order valence-corrected chi connectivity index (χ3v) is 3.61. The zero-order valence-electron chi connectivity index (χ0n) is 11.0. The van der Waals surface area contributed by atoms with E-state index in [0.29, 0.717) is 11.3 Å². The standard InChI is InChI=1S/C14H19FN2O.ClH/c1-10-9-11(5-6-12(10)15)17-13(18)14(16)7-3-2-4-8-14;/h5-6,9H,2-4,7-8,16H2,1H3,(H,17,18);1H. The van der Waals surface area contributed by atoms with Crippen LogP contribution in [0.4, 0.5) is 10.1 Å². The van der Waals surface area contributed by atoms with Gasteiger partial charge in [0.25, 0.3) is 0 Å². The van der Waals surface area contributed by atoms with Crippen LogP contribution in [0.5, 0.6) is 0 Å². The topological polar surface area (TPSA) is 55.1 Å². The first-order chi connectivity index (χ1) is 8.51. The Labute approximate surface area is 119 Å². The van der Waals surface area contributed by atoms with Crippen molar-refractivity contribution in [3.05, 3.63) is 29.6 Å². The van der Waals surface area contributed by atoms with Crippen LogP contribution in [-0.2, 0) is 4.79 Å². The van der Waals surface area contributed by atoms with Crippen LogP contribution in [0.25, 0.3) is 0 Å². The Hall–Kier alpha value is -1.13. The molecule has 0 aliphatic heterocycles. The fourth-order valence-electron chi connectivity index (χ4n) is 2.39. The molecule has 1 aliphatic rings. The van der Waals surface area contributed by atoms with Crippen LogP contribution in [0.15, 0.2) is 18.2 Å². The highest BCUT2D eigenvalue weighted by molar-refractivity contribution is 5.98. The first-order valence-corrected chi connectivity index (χ1v) is 6.38. The second kappa shape index (κ2) is 6.35. The van der Waals surface area contributed by atoms with E-state index >= 15 is 0 Å². The predicted octanol–water partition coefficient (Wildman–Crippen LogP) is 3.16. The number of rotatable bonds is 2. The summed E-state index contributed by atoms with van der Waals surface area (Å²) in [5, 5.41) is 2.79. The third kappa shape index (κ3) is 3.67. The number of nitrogens with one attached hydrogen (secondary N) is 1. The number of aryl methyl sites for hydroxylation is 1. The summed E-state index contributed by atoms with van der Waals surface area (Å²) in [7, 11) is 0. The SMILES string of the molecule is Cc1cc(NC(=O)C2(N)CCCCC2)ccc1F.Cl. The zero-order chi connectivity index (χ0) is 13.2. The highest BCUT2D eigenvalue weighted by Crippen LogP contribution is 2.27. The monoisotopic (exact) mass is 286 g/mol. The fraction of sp³-hybridized carbons (Fsp3) is 0.500. The summed E-state index contributed by atoms with van der Waals surface area (Å²) in [4.78, 5) is 12.2. The summed E-state index contributed by atoms with van der Waals surface area (Å²) >= 11 is 0. The molecule has 1 saturated carbocycles. The van der Waals surface area contributed by atoms with Crippen LogP contribution < -0.4 is 11.1 Å². The normalized spacial score (nSPS) is 17.4. The number of hydrogen-bond donors (Lipinski definition) is 2. The molecule has 0 bridgehead atoms. The van der Waals surface area contributed by atoms with E-state index in [-0.39, 0.29) is 24.1 Å². The smallest absolute Gasteiger partial charge is 0.244 e. The molecule has 1 fully saturated rings. The van der Waals surface area contributed by atoms with Crippen molar-refractivity contribution < 1.29 is 9.18 Å². The van der Waals surface area contributed by atoms with Gasteiger partial charge in [-0.25, -0.2) is 4.39 Å². The minimum Gasteiger partial charge on any atom is -0.324 e. The van der Waals surface area contributed by atoms with Crippen molar-refractivity contribution >= 4 is 24.0 Å². The Kier molecular flexibility index (Phi) is 5.32. The predicted molar refractivity (Wildman–Crippen MR) is 77.0 cm³/mol. The van der Waals surface area contributed by atoms with E-state index in [1.807, 2.05) is 0 Å². The van der Waals surface area contributed by atoms with Crippen LogP contribution in [0.3, 0.4) is 0 Å². The average Bonchev–Trinajstić information content (AvgIpc) is 2.35. The van der Waals surface area contributed by atoms with Gasteiger partial charge in [0.05, 0.1) is 5.54 Å². The van der Waals surface area contributed by atoms with Gasteiger partial charge in [-0.15, -0.1) is 12.4 Å². The molecular weight excluding hydrogens is 267 g/mol. The number of hydrogen-bond acceptors (Lipinski definition) is 2. The van der Waals surface area contributed by atoms with Gasteiger partial charge in [0, 0.05) is 5.69 Å². The Morgan fingerprint density at radius 3 is 2.53 bits per heavy atom. The number of halogens is 2. The van der Waals surface area contributed by atoms with E-state index in [0.717, 1.165) is 32.1 Å². The lowest BCUT2D eigenvalue weighted by atomic mass is 9.82. The number of carbonyl (C=O) groups excluding carboxylic acids is 1. The van der Waals surface area contributed by atoms with E-state index in [2.05, 4.69) is 5.32 Å². The van der Waals surface area contributed by atoms with Crippen LogP contribution >= 0.6 is 12.4 Å². The van der Waals surface area contributed by atoms with E-state index in [9.17, 15) is 9.18 Å². The van der Waals surface area contributed by atoms with Crippen molar-refractivity contribution in [2.45, 2.75) is 44.6 Å². The van der Waals surface area contributed by atoms with Gasteiger partial charge in [0.15, 0.2) is 0 Å². The lowest BCUT2D eigenvalue weighted by Gasteiger charge is -2.31. The number of anilines is 1. The van der Waals surface area contributed by atoms with Gasteiger partial charge in [-0.05, 0) is 43.5 Å². The van der Waals surface area contributed by atoms with E-state index in [1.54, 1.807) is 19.1 Å². The average molecular weight is 287 g/mol. The largest absolute Gasteiger partial charge is 0.324 e. The molecule has 1 aromatic rings. The van der Waals surface area contributed by atoms with Gasteiger partial charge in [0.1, 0.15) is 5.82 Å². The third-order valence-electron chi connectivity index (χ3n) is 3.61. The molecule has 1 amide bonds. The number of carbonyl (C=O) groups is 1. The molecule has 1 aromatic carbocycles. The Morgan fingerprint density at radius 1 is 1.32 bits per heavy atom. The summed E-state index contributed by atoms with van der Waals surface area (Å²) in [5.74, 6) is -0.429. The molecule has 2 rings (SSSR count). The molecule has 0 saturated heterocycles. The summed E-state index contributed by atoms with van der Waals surface area (Å²) in [6, 6.07) is 4.54. The molecule has 1 aliphatic carbocycles. The van der Waals surface area contributed by atoms with Crippen molar-refractivity contribution in [1.29, 1.82) is 0 Å². The first-order valence-electron chi connectivity index (χ1n) is 6.38. The van der Waals surface area contributed by atoms with Gasteiger partial charge >= 0.3 is 0 Å². The Balaban J connectivity index is 0.00000180. The van der Waals surface area contributed by atoms with E-state index < -0.39 is 5.54 Å². The Bertz CT molecular complexity index is 459. The van der Waals surface area contributed by atoms with Gasteiger partial charge in [0.2, 0.25) is 5.91 Å². The first kappa shape index (κ1) is 15.9. The lowest BCUT2D eigenvalue weighted by molar-refractivity contribution is -0.122. The van der Waals surface area contributed by atoms with E-state index in [1.165, 1.54) is 6.07 Å².